The molecule has 0 radical (unpaired) electrons. The highest BCUT2D eigenvalue weighted by Gasteiger charge is 2.47. The number of nitrogens with one attached hydrogen (secondary N) is 2. The van der Waals surface area contributed by atoms with Crippen molar-refractivity contribution in [3.8, 4) is 0 Å². The van der Waals surface area contributed by atoms with Gasteiger partial charge in [0.1, 0.15) is 5.82 Å². The third kappa shape index (κ3) is 4.84. The molecule has 8 heteroatoms. The maximum Gasteiger partial charge on any atom is 0.411 e. The number of halogens is 1. The first kappa shape index (κ1) is 20.8. The number of ether oxygens (including phenoxy) is 1. The molecule has 3 amide bonds. The Morgan fingerprint density at radius 2 is 1.77 bits per heavy atom. The van der Waals surface area contributed by atoms with E-state index in [1.165, 1.54) is 17.0 Å². The maximum absolute atomic E-state index is 13.3. The highest BCUT2D eigenvalue weighted by Crippen LogP contribution is 2.35. The van der Waals surface area contributed by atoms with Crippen LogP contribution in [0.25, 0.3) is 0 Å². The fraction of sp³-hybridized carbons (Fsp3) is 0.348. The van der Waals surface area contributed by atoms with Gasteiger partial charge in [-0.15, -0.1) is 0 Å². The number of rotatable bonds is 7. The first-order chi connectivity index (χ1) is 14.9. The molecule has 2 aliphatic rings. The SMILES string of the molecule is CCC(=O)Nc1ccc([C@H]2OC(=O)N(Cc3ccc(F)cc3)[C@H]2C(=O)NC2CC2)cc1. The van der Waals surface area contributed by atoms with Gasteiger partial charge in [0.2, 0.25) is 11.8 Å². The number of benzene rings is 2. The Balaban J connectivity index is 1.58. The predicted octanol–water partition coefficient (Wildman–Crippen LogP) is 3.51. The van der Waals surface area contributed by atoms with Gasteiger partial charge in [-0.05, 0) is 48.2 Å². The summed E-state index contributed by atoms with van der Waals surface area (Å²) in [7, 11) is 0. The Hall–Kier alpha value is -3.42. The van der Waals surface area contributed by atoms with Crippen LogP contribution in [0.5, 0.6) is 0 Å². The second kappa shape index (κ2) is 8.75. The largest absolute Gasteiger partial charge is 0.438 e. The Bertz CT molecular complexity index is 973. The summed E-state index contributed by atoms with van der Waals surface area (Å²) in [6.07, 6.45) is 0.809. The molecule has 0 aromatic heterocycles. The molecular formula is C23H24FN3O4. The zero-order valence-electron chi connectivity index (χ0n) is 17.1. The molecule has 2 aromatic rings. The fourth-order valence-corrected chi connectivity index (χ4v) is 3.52. The van der Waals surface area contributed by atoms with Crippen LogP contribution in [-0.4, -0.2) is 34.9 Å². The normalized spacial score (nSPS) is 20.3. The highest BCUT2D eigenvalue weighted by molar-refractivity contribution is 5.91. The molecule has 1 saturated heterocycles. The lowest BCUT2D eigenvalue weighted by Gasteiger charge is -2.24. The molecular weight excluding hydrogens is 401 g/mol. The molecule has 1 aliphatic heterocycles. The number of carbonyl (C=O) groups is 3. The van der Waals surface area contributed by atoms with Crippen molar-refractivity contribution in [2.24, 2.45) is 0 Å². The van der Waals surface area contributed by atoms with E-state index in [1.54, 1.807) is 43.3 Å². The van der Waals surface area contributed by atoms with Crippen LogP contribution in [0.15, 0.2) is 48.5 Å². The average molecular weight is 425 g/mol. The zero-order chi connectivity index (χ0) is 22.0. The van der Waals surface area contributed by atoms with E-state index in [-0.39, 0.29) is 30.2 Å². The summed E-state index contributed by atoms with van der Waals surface area (Å²) in [5, 5.41) is 5.72. The molecule has 0 bridgehead atoms. The molecule has 7 nitrogen and oxygen atoms in total. The van der Waals surface area contributed by atoms with Crippen molar-refractivity contribution in [1.82, 2.24) is 10.2 Å². The minimum Gasteiger partial charge on any atom is -0.438 e. The summed E-state index contributed by atoms with van der Waals surface area (Å²) in [5.74, 6) is -0.750. The number of nitrogens with zero attached hydrogens (tertiary/aromatic N) is 1. The minimum absolute atomic E-state index is 0.104. The van der Waals surface area contributed by atoms with Crippen LogP contribution in [0.1, 0.15) is 43.4 Å². The van der Waals surface area contributed by atoms with Crippen molar-refractivity contribution >= 4 is 23.6 Å². The van der Waals surface area contributed by atoms with Crippen molar-refractivity contribution in [2.75, 3.05) is 5.32 Å². The second-order valence-corrected chi connectivity index (χ2v) is 7.81. The Morgan fingerprint density at radius 1 is 1.10 bits per heavy atom. The first-order valence-corrected chi connectivity index (χ1v) is 10.4. The molecule has 31 heavy (non-hydrogen) atoms. The Kier molecular flexibility index (Phi) is 5.88. The first-order valence-electron chi connectivity index (χ1n) is 10.4. The number of cyclic esters (lactones) is 1. The molecule has 1 aliphatic carbocycles. The lowest BCUT2D eigenvalue weighted by Crippen LogP contribution is -2.46. The molecule has 2 fully saturated rings. The van der Waals surface area contributed by atoms with Gasteiger partial charge in [0.25, 0.3) is 0 Å². The van der Waals surface area contributed by atoms with Gasteiger partial charge in [0, 0.05) is 18.2 Å². The van der Waals surface area contributed by atoms with Crippen LogP contribution in [-0.2, 0) is 20.9 Å². The molecule has 1 heterocycles. The van der Waals surface area contributed by atoms with Gasteiger partial charge in [0.15, 0.2) is 12.1 Å². The van der Waals surface area contributed by atoms with Gasteiger partial charge in [0.05, 0.1) is 6.54 Å². The van der Waals surface area contributed by atoms with E-state index in [1.807, 2.05) is 0 Å². The third-order valence-electron chi connectivity index (χ3n) is 5.39. The number of anilines is 1. The van der Waals surface area contributed by atoms with Gasteiger partial charge in [-0.2, -0.15) is 0 Å². The fourth-order valence-electron chi connectivity index (χ4n) is 3.52. The average Bonchev–Trinajstić information content (AvgIpc) is 3.52. The van der Waals surface area contributed by atoms with Gasteiger partial charge >= 0.3 is 6.09 Å². The van der Waals surface area contributed by atoms with Crippen LogP contribution < -0.4 is 10.6 Å². The molecule has 2 N–H and O–H groups in total. The monoisotopic (exact) mass is 425 g/mol. The molecule has 0 unspecified atom stereocenters. The van der Waals surface area contributed by atoms with Crippen molar-refractivity contribution in [3.63, 3.8) is 0 Å². The Morgan fingerprint density at radius 3 is 2.39 bits per heavy atom. The predicted molar refractivity (Wildman–Crippen MR) is 111 cm³/mol. The van der Waals surface area contributed by atoms with Gasteiger partial charge in [-0.3, -0.25) is 14.5 Å². The van der Waals surface area contributed by atoms with Crippen molar-refractivity contribution < 1.29 is 23.5 Å². The lowest BCUT2D eigenvalue weighted by molar-refractivity contribution is -0.126. The van der Waals surface area contributed by atoms with Crippen molar-refractivity contribution in [1.29, 1.82) is 0 Å². The van der Waals surface area contributed by atoms with Gasteiger partial charge < -0.3 is 15.4 Å². The number of hydrogen-bond donors (Lipinski definition) is 2. The Labute approximate surface area is 179 Å². The van der Waals surface area contributed by atoms with E-state index < -0.39 is 18.2 Å². The molecule has 2 aromatic carbocycles. The van der Waals surface area contributed by atoms with Crippen molar-refractivity contribution in [3.05, 3.63) is 65.5 Å². The van der Waals surface area contributed by atoms with Crippen molar-refractivity contribution in [2.45, 2.75) is 50.9 Å². The third-order valence-corrected chi connectivity index (χ3v) is 5.39. The minimum atomic E-state index is -0.853. The molecule has 4 rings (SSSR count). The number of carbonyl (C=O) groups excluding carboxylic acids is 3. The second-order valence-electron chi connectivity index (χ2n) is 7.81. The summed E-state index contributed by atoms with van der Waals surface area (Å²) < 4.78 is 18.9. The molecule has 2 atom stereocenters. The van der Waals surface area contributed by atoms with E-state index in [0.717, 1.165) is 12.8 Å². The van der Waals surface area contributed by atoms with E-state index in [4.69, 9.17) is 4.74 Å². The van der Waals surface area contributed by atoms with E-state index in [0.29, 0.717) is 23.2 Å². The van der Waals surface area contributed by atoms with Crippen LogP contribution in [0.2, 0.25) is 0 Å². The summed E-state index contributed by atoms with van der Waals surface area (Å²) in [6.45, 7) is 1.89. The van der Waals surface area contributed by atoms with Crippen LogP contribution in [0.4, 0.5) is 14.9 Å². The van der Waals surface area contributed by atoms with E-state index >= 15 is 0 Å². The smallest absolute Gasteiger partial charge is 0.411 e. The standard InChI is InChI=1S/C23H24FN3O4/c1-2-19(28)25-17-9-5-15(6-10-17)21-20(22(29)26-18-11-12-18)27(23(30)31-21)13-14-3-7-16(24)8-4-14/h3-10,18,20-21H,2,11-13H2,1H3,(H,25,28)(H,26,29)/t20-,21-/m1/s1. The summed E-state index contributed by atoms with van der Waals surface area (Å²) >= 11 is 0. The zero-order valence-corrected chi connectivity index (χ0v) is 17.1. The summed E-state index contributed by atoms with van der Waals surface area (Å²) in [4.78, 5) is 38.7. The number of hydrogen-bond acceptors (Lipinski definition) is 4. The highest BCUT2D eigenvalue weighted by atomic mass is 19.1. The summed E-state index contributed by atoms with van der Waals surface area (Å²) in [5.41, 5.74) is 1.98. The molecule has 162 valence electrons. The maximum atomic E-state index is 13.3. The van der Waals surface area contributed by atoms with Gasteiger partial charge in [-0.1, -0.05) is 31.2 Å². The topological polar surface area (TPSA) is 87.7 Å². The van der Waals surface area contributed by atoms with Gasteiger partial charge in [-0.25, -0.2) is 9.18 Å². The quantitative estimate of drug-likeness (QED) is 0.711. The van der Waals surface area contributed by atoms with Crippen LogP contribution >= 0.6 is 0 Å². The van der Waals surface area contributed by atoms with Crippen LogP contribution in [0, 0.1) is 5.82 Å². The molecule has 1 saturated carbocycles. The number of amides is 3. The lowest BCUT2D eigenvalue weighted by atomic mass is 10.00. The van der Waals surface area contributed by atoms with E-state index in [2.05, 4.69) is 10.6 Å². The molecule has 0 spiro atoms. The van der Waals surface area contributed by atoms with E-state index in [9.17, 15) is 18.8 Å². The van der Waals surface area contributed by atoms with Crippen LogP contribution in [0.3, 0.4) is 0 Å². The summed E-state index contributed by atoms with van der Waals surface area (Å²) in [6, 6.07) is 12.0.